The van der Waals surface area contributed by atoms with Gasteiger partial charge in [0.05, 0.1) is 10.7 Å². The molecule has 2 N–H and O–H groups in total. The van der Waals surface area contributed by atoms with Crippen LogP contribution in [0.2, 0.25) is 0 Å². The van der Waals surface area contributed by atoms with Gasteiger partial charge in [0.15, 0.2) is 11.6 Å². The van der Waals surface area contributed by atoms with Crippen LogP contribution in [-0.4, -0.2) is 15.7 Å². The van der Waals surface area contributed by atoms with Crippen molar-refractivity contribution in [3.05, 3.63) is 64.2 Å². The zero-order valence-electron chi connectivity index (χ0n) is 12.3. The summed E-state index contributed by atoms with van der Waals surface area (Å²) in [5, 5.41) is 12.6. The Morgan fingerprint density at radius 3 is 2.88 bits per heavy atom. The van der Waals surface area contributed by atoms with Gasteiger partial charge in [-0.3, -0.25) is 4.79 Å². The molecule has 24 heavy (non-hydrogen) atoms. The molecule has 0 saturated heterocycles. The maximum atomic E-state index is 12.3. The highest BCUT2D eigenvalue weighted by Crippen LogP contribution is 2.25. The number of para-hydroxylation sites is 1. The van der Waals surface area contributed by atoms with Crippen molar-refractivity contribution in [2.75, 3.05) is 5.73 Å². The van der Waals surface area contributed by atoms with Crippen LogP contribution in [0, 0.1) is 11.3 Å². The number of anilines is 1. The summed E-state index contributed by atoms with van der Waals surface area (Å²) in [4.78, 5) is 12.3. The van der Waals surface area contributed by atoms with Crippen LogP contribution in [0.25, 0.3) is 0 Å². The summed E-state index contributed by atoms with van der Waals surface area (Å²) in [6.45, 7) is 0.167. The van der Waals surface area contributed by atoms with E-state index in [9.17, 15) is 4.79 Å². The summed E-state index contributed by atoms with van der Waals surface area (Å²) in [5.74, 6) is 0.702. The van der Waals surface area contributed by atoms with Gasteiger partial charge in [0.1, 0.15) is 29.7 Å². The molecule has 0 saturated carbocycles. The van der Waals surface area contributed by atoms with Crippen LogP contribution in [0.1, 0.15) is 21.9 Å². The van der Waals surface area contributed by atoms with Crippen molar-refractivity contribution >= 4 is 27.7 Å². The smallest absolute Gasteiger partial charge is 0.313 e. The lowest BCUT2D eigenvalue weighted by atomic mass is 10.3. The lowest BCUT2D eigenvalue weighted by Crippen LogP contribution is -2.12. The van der Waals surface area contributed by atoms with Crippen molar-refractivity contribution < 1.29 is 13.9 Å². The van der Waals surface area contributed by atoms with Gasteiger partial charge in [0.2, 0.25) is 0 Å². The number of hydrogen-bond donors (Lipinski definition) is 1. The van der Waals surface area contributed by atoms with Gasteiger partial charge in [-0.05, 0) is 40.2 Å². The molecule has 2 aromatic heterocycles. The third-order valence-electron chi connectivity index (χ3n) is 3.15. The molecule has 3 rings (SSSR count). The average Bonchev–Trinajstić information content (AvgIpc) is 3.20. The Labute approximate surface area is 145 Å². The van der Waals surface area contributed by atoms with E-state index < -0.39 is 5.91 Å². The van der Waals surface area contributed by atoms with E-state index >= 15 is 0 Å². The number of carbonyl (C=O) groups excluding carboxylic acids is 1. The molecule has 0 amide bonds. The molecule has 0 aliphatic heterocycles. The SMILES string of the molecule is N#Cc1cn(C(=O)c2ccc(COc3ccccc3Br)o2)nc1N. The maximum absolute atomic E-state index is 12.3. The number of rotatable bonds is 4. The molecule has 3 aromatic rings. The fourth-order valence-corrected chi connectivity index (χ4v) is 2.37. The first kappa shape index (κ1) is 15.8. The first-order valence-electron chi connectivity index (χ1n) is 6.84. The number of halogens is 1. The maximum Gasteiger partial charge on any atom is 0.313 e. The van der Waals surface area contributed by atoms with Gasteiger partial charge in [-0.15, -0.1) is 5.10 Å². The van der Waals surface area contributed by atoms with Crippen LogP contribution in [0.5, 0.6) is 5.75 Å². The van der Waals surface area contributed by atoms with E-state index in [0.717, 1.165) is 9.15 Å². The zero-order chi connectivity index (χ0) is 17.1. The largest absolute Gasteiger partial charge is 0.484 e. The van der Waals surface area contributed by atoms with E-state index in [4.69, 9.17) is 20.1 Å². The van der Waals surface area contributed by atoms with Crippen molar-refractivity contribution in [1.29, 1.82) is 5.26 Å². The summed E-state index contributed by atoms with van der Waals surface area (Å²) in [7, 11) is 0. The molecule has 1 aromatic carbocycles. The molecule has 0 unspecified atom stereocenters. The minimum absolute atomic E-state index is 0.00473. The summed E-state index contributed by atoms with van der Waals surface area (Å²) < 4.78 is 12.9. The lowest BCUT2D eigenvalue weighted by molar-refractivity contribution is 0.0913. The Morgan fingerprint density at radius 1 is 1.38 bits per heavy atom. The molecule has 8 heteroatoms. The minimum atomic E-state index is -0.518. The number of hydrogen-bond acceptors (Lipinski definition) is 6. The van der Waals surface area contributed by atoms with Gasteiger partial charge in [0.25, 0.3) is 0 Å². The van der Waals surface area contributed by atoms with Gasteiger partial charge in [-0.2, -0.15) is 9.94 Å². The van der Waals surface area contributed by atoms with E-state index in [0.29, 0.717) is 11.5 Å². The molecule has 0 bridgehead atoms. The van der Waals surface area contributed by atoms with Crippen molar-refractivity contribution in [3.8, 4) is 11.8 Å². The second kappa shape index (κ2) is 6.60. The third kappa shape index (κ3) is 3.16. The molecule has 0 atom stereocenters. The summed E-state index contributed by atoms with van der Waals surface area (Å²) in [6, 6.07) is 12.4. The van der Waals surface area contributed by atoms with Crippen molar-refractivity contribution in [2.24, 2.45) is 0 Å². The molecular formula is C16H11BrN4O3. The summed E-state index contributed by atoms with van der Waals surface area (Å²) in [6.07, 6.45) is 1.26. The van der Waals surface area contributed by atoms with E-state index in [-0.39, 0.29) is 23.7 Å². The van der Waals surface area contributed by atoms with Gasteiger partial charge in [-0.25, -0.2) is 0 Å². The molecule has 0 aliphatic rings. The Bertz CT molecular complexity index is 939. The Kier molecular flexibility index (Phi) is 4.35. The number of ether oxygens (including phenoxy) is 1. The third-order valence-corrected chi connectivity index (χ3v) is 3.81. The molecule has 0 aliphatic carbocycles. The number of nitrogens with two attached hydrogens (primary N) is 1. The highest BCUT2D eigenvalue weighted by atomic mass is 79.9. The monoisotopic (exact) mass is 386 g/mol. The fraction of sp³-hybridized carbons (Fsp3) is 0.0625. The summed E-state index contributed by atoms with van der Waals surface area (Å²) in [5.41, 5.74) is 5.67. The van der Waals surface area contributed by atoms with E-state index in [1.54, 1.807) is 6.07 Å². The van der Waals surface area contributed by atoms with Gasteiger partial charge >= 0.3 is 5.91 Å². The van der Waals surface area contributed by atoms with Crippen LogP contribution < -0.4 is 10.5 Å². The van der Waals surface area contributed by atoms with Gasteiger partial charge < -0.3 is 14.9 Å². The average molecular weight is 387 g/mol. The van der Waals surface area contributed by atoms with Crippen LogP contribution in [0.3, 0.4) is 0 Å². The predicted octanol–water partition coefficient (Wildman–Crippen LogP) is 2.96. The lowest BCUT2D eigenvalue weighted by Gasteiger charge is -2.05. The standard InChI is InChI=1S/C16H11BrN4O3/c17-12-3-1-2-4-13(12)23-9-11-5-6-14(24-11)16(22)21-8-10(7-18)15(19)20-21/h1-6,8H,9H2,(H2,19,20). The first-order chi connectivity index (χ1) is 11.6. The Balaban J connectivity index is 1.72. The summed E-state index contributed by atoms with van der Waals surface area (Å²) >= 11 is 3.39. The molecule has 0 fully saturated rings. The normalized spacial score (nSPS) is 10.3. The van der Waals surface area contributed by atoms with Crippen molar-refractivity contribution in [2.45, 2.75) is 6.61 Å². The van der Waals surface area contributed by atoms with E-state index in [1.165, 1.54) is 12.3 Å². The molecule has 0 spiro atoms. The number of benzene rings is 1. The van der Waals surface area contributed by atoms with Gasteiger partial charge in [0, 0.05) is 0 Å². The molecule has 0 radical (unpaired) electrons. The Hall–Kier alpha value is -3.05. The highest BCUT2D eigenvalue weighted by Gasteiger charge is 2.17. The van der Waals surface area contributed by atoms with Crippen molar-refractivity contribution in [1.82, 2.24) is 9.78 Å². The quantitative estimate of drug-likeness (QED) is 0.738. The number of aromatic nitrogens is 2. The minimum Gasteiger partial charge on any atom is -0.484 e. The van der Waals surface area contributed by atoms with Crippen LogP contribution in [-0.2, 0) is 6.61 Å². The number of carbonyl (C=O) groups is 1. The zero-order valence-corrected chi connectivity index (χ0v) is 13.9. The second-order valence-electron chi connectivity index (χ2n) is 4.77. The topological polar surface area (TPSA) is 107 Å². The van der Waals surface area contributed by atoms with Crippen LogP contribution in [0.15, 0.2) is 51.5 Å². The highest BCUT2D eigenvalue weighted by molar-refractivity contribution is 9.10. The predicted molar refractivity (Wildman–Crippen MR) is 88.3 cm³/mol. The molecule has 2 heterocycles. The van der Waals surface area contributed by atoms with E-state index in [1.807, 2.05) is 30.3 Å². The second-order valence-corrected chi connectivity index (χ2v) is 5.63. The molecule has 7 nitrogen and oxygen atoms in total. The number of nitriles is 1. The first-order valence-corrected chi connectivity index (χ1v) is 7.64. The van der Waals surface area contributed by atoms with Crippen molar-refractivity contribution in [3.63, 3.8) is 0 Å². The number of furan rings is 1. The van der Waals surface area contributed by atoms with Gasteiger partial charge in [-0.1, -0.05) is 12.1 Å². The van der Waals surface area contributed by atoms with E-state index in [2.05, 4.69) is 21.0 Å². The number of nitrogens with zero attached hydrogens (tertiary/aromatic N) is 3. The fourth-order valence-electron chi connectivity index (χ4n) is 1.97. The molecular weight excluding hydrogens is 376 g/mol. The van der Waals surface area contributed by atoms with Crippen LogP contribution >= 0.6 is 15.9 Å². The number of nitrogen functional groups attached to an aromatic ring is 1. The molecule has 120 valence electrons. The van der Waals surface area contributed by atoms with Crippen LogP contribution in [0.4, 0.5) is 5.82 Å². The Morgan fingerprint density at radius 2 is 2.17 bits per heavy atom.